The molecule has 0 atom stereocenters. The highest BCUT2D eigenvalue weighted by molar-refractivity contribution is 5.79. The molecule has 1 aliphatic heterocycles. The van der Waals surface area contributed by atoms with Crippen molar-refractivity contribution in [3.8, 4) is 0 Å². The molecule has 0 bridgehead atoms. The van der Waals surface area contributed by atoms with Crippen LogP contribution in [0.25, 0.3) is 0 Å². The molecule has 3 N–H and O–H groups in total. The molecule has 0 saturated carbocycles. The van der Waals surface area contributed by atoms with Crippen LogP contribution in [0.15, 0.2) is 24.3 Å². The number of nitrogens with two attached hydrogens (primary N) is 1. The first-order valence-corrected chi connectivity index (χ1v) is 7.73. The topological polar surface area (TPSA) is 58.4 Å². The molecule has 116 valence electrons. The minimum Gasteiger partial charge on any atom is -0.399 e. The molecule has 1 aromatic carbocycles. The number of piperidine rings is 1. The fourth-order valence-corrected chi connectivity index (χ4v) is 2.86. The summed E-state index contributed by atoms with van der Waals surface area (Å²) in [4.78, 5) is 14.6. The third kappa shape index (κ3) is 4.74. The van der Waals surface area contributed by atoms with E-state index in [-0.39, 0.29) is 11.4 Å². The van der Waals surface area contributed by atoms with E-state index >= 15 is 0 Å². The Labute approximate surface area is 127 Å². The molecular weight excluding hydrogens is 262 g/mol. The van der Waals surface area contributed by atoms with E-state index in [4.69, 9.17) is 5.73 Å². The maximum absolute atomic E-state index is 12.1. The van der Waals surface area contributed by atoms with E-state index in [2.05, 4.69) is 31.0 Å². The molecule has 1 amide bonds. The first-order chi connectivity index (χ1) is 9.84. The van der Waals surface area contributed by atoms with Gasteiger partial charge in [0.05, 0.1) is 6.42 Å². The molecule has 0 spiro atoms. The molecule has 1 heterocycles. The van der Waals surface area contributed by atoms with Crippen LogP contribution in [0, 0.1) is 0 Å². The van der Waals surface area contributed by atoms with Crippen LogP contribution < -0.4 is 11.1 Å². The van der Waals surface area contributed by atoms with Crippen molar-refractivity contribution in [1.82, 2.24) is 10.2 Å². The maximum Gasteiger partial charge on any atom is 0.224 e. The van der Waals surface area contributed by atoms with Gasteiger partial charge in [0.15, 0.2) is 0 Å². The van der Waals surface area contributed by atoms with Gasteiger partial charge in [-0.2, -0.15) is 0 Å². The zero-order valence-corrected chi connectivity index (χ0v) is 13.4. The molecule has 1 saturated heterocycles. The normalized spacial score (nSPS) is 17.7. The maximum atomic E-state index is 12.1. The van der Waals surface area contributed by atoms with E-state index in [9.17, 15) is 4.79 Å². The lowest BCUT2D eigenvalue weighted by atomic mass is 9.98. The van der Waals surface area contributed by atoms with Gasteiger partial charge >= 0.3 is 0 Å². The lowest BCUT2D eigenvalue weighted by Crippen LogP contribution is -2.51. The van der Waals surface area contributed by atoms with Crippen LogP contribution in [-0.2, 0) is 11.2 Å². The molecule has 4 nitrogen and oxygen atoms in total. The predicted molar refractivity (Wildman–Crippen MR) is 87.0 cm³/mol. The SMILES string of the molecule is CC(C)(C)N1CCC(NC(=O)Cc2cccc(N)c2)CC1. The summed E-state index contributed by atoms with van der Waals surface area (Å²) in [6.07, 6.45) is 2.46. The van der Waals surface area contributed by atoms with E-state index in [1.165, 1.54) is 0 Å². The zero-order valence-electron chi connectivity index (χ0n) is 13.4. The number of benzene rings is 1. The molecule has 1 fully saturated rings. The minimum atomic E-state index is 0.0924. The summed E-state index contributed by atoms with van der Waals surface area (Å²) in [6, 6.07) is 7.83. The van der Waals surface area contributed by atoms with Gasteiger partial charge in [-0.15, -0.1) is 0 Å². The largest absolute Gasteiger partial charge is 0.399 e. The van der Waals surface area contributed by atoms with Crippen molar-refractivity contribution < 1.29 is 4.79 Å². The standard InChI is InChI=1S/C17H27N3O/c1-17(2,3)20-9-7-15(8-10-20)19-16(21)12-13-5-4-6-14(18)11-13/h4-6,11,15H,7-10,12,18H2,1-3H3,(H,19,21). The van der Waals surface area contributed by atoms with Gasteiger partial charge in [-0.25, -0.2) is 0 Å². The summed E-state index contributed by atoms with van der Waals surface area (Å²) in [7, 11) is 0. The number of hydrogen-bond donors (Lipinski definition) is 2. The third-order valence-electron chi connectivity index (χ3n) is 4.12. The number of nitrogens with one attached hydrogen (secondary N) is 1. The number of amides is 1. The van der Waals surface area contributed by atoms with Gasteiger partial charge in [0.25, 0.3) is 0 Å². The van der Waals surface area contributed by atoms with Crippen molar-refractivity contribution in [2.45, 2.75) is 51.6 Å². The van der Waals surface area contributed by atoms with Crippen LogP contribution >= 0.6 is 0 Å². The Morgan fingerprint density at radius 2 is 2.00 bits per heavy atom. The van der Waals surface area contributed by atoms with Gasteiger partial charge in [-0.3, -0.25) is 9.69 Å². The van der Waals surface area contributed by atoms with Gasteiger partial charge in [0, 0.05) is 30.4 Å². The summed E-state index contributed by atoms with van der Waals surface area (Å²) in [5.74, 6) is 0.0924. The van der Waals surface area contributed by atoms with Crippen molar-refractivity contribution in [3.63, 3.8) is 0 Å². The first kappa shape index (κ1) is 15.8. The van der Waals surface area contributed by atoms with Crippen molar-refractivity contribution in [3.05, 3.63) is 29.8 Å². The molecule has 0 unspecified atom stereocenters. The van der Waals surface area contributed by atoms with Crippen LogP contribution in [0.3, 0.4) is 0 Å². The number of nitrogens with zero attached hydrogens (tertiary/aromatic N) is 1. The highest BCUT2D eigenvalue weighted by Crippen LogP contribution is 2.20. The van der Waals surface area contributed by atoms with E-state index in [1.54, 1.807) is 0 Å². The molecule has 2 rings (SSSR count). The van der Waals surface area contributed by atoms with Crippen molar-refractivity contribution in [2.24, 2.45) is 0 Å². The van der Waals surface area contributed by atoms with Crippen molar-refractivity contribution in [1.29, 1.82) is 0 Å². The van der Waals surface area contributed by atoms with Gasteiger partial charge in [-0.1, -0.05) is 12.1 Å². The second-order valence-corrected chi connectivity index (χ2v) is 6.92. The molecule has 21 heavy (non-hydrogen) atoms. The van der Waals surface area contributed by atoms with Gasteiger partial charge in [0.1, 0.15) is 0 Å². The highest BCUT2D eigenvalue weighted by atomic mass is 16.1. The van der Waals surface area contributed by atoms with E-state index in [0.29, 0.717) is 18.2 Å². The van der Waals surface area contributed by atoms with E-state index < -0.39 is 0 Å². The Bertz CT molecular complexity index is 485. The number of carbonyl (C=O) groups is 1. The fourth-order valence-electron chi connectivity index (χ4n) is 2.86. The minimum absolute atomic E-state index is 0.0924. The Kier molecular flexibility index (Phi) is 4.88. The lowest BCUT2D eigenvalue weighted by molar-refractivity contribution is -0.121. The van der Waals surface area contributed by atoms with Crippen LogP contribution in [0.1, 0.15) is 39.2 Å². The quantitative estimate of drug-likeness (QED) is 0.839. The van der Waals surface area contributed by atoms with E-state index in [0.717, 1.165) is 31.5 Å². The summed E-state index contributed by atoms with van der Waals surface area (Å²) < 4.78 is 0. The molecule has 1 aliphatic rings. The number of likely N-dealkylation sites (tertiary alicyclic amines) is 1. The van der Waals surface area contributed by atoms with Crippen LogP contribution in [0.2, 0.25) is 0 Å². The van der Waals surface area contributed by atoms with Gasteiger partial charge in [0.2, 0.25) is 5.91 Å². The average Bonchev–Trinajstić information content (AvgIpc) is 2.38. The number of nitrogen functional groups attached to an aromatic ring is 1. The van der Waals surface area contributed by atoms with Crippen LogP contribution in [0.5, 0.6) is 0 Å². The van der Waals surface area contributed by atoms with Gasteiger partial charge < -0.3 is 11.1 Å². The number of hydrogen-bond acceptors (Lipinski definition) is 3. The van der Waals surface area contributed by atoms with Crippen molar-refractivity contribution >= 4 is 11.6 Å². The first-order valence-electron chi connectivity index (χ1n) is 7.73. The monoisotopic (exact) mass is 289 g/mol. The number of anilines is 1. The number of carbonyl (C=O) groups excluding carboxylic acids is 1. The molecular formula is C17H27N3O. The Balaban J connectivity index is 1.79. The summed E-state index contributed by atoms with van der Waals surface area (Å²) in [6.45, 7) is 8.82. The Morgan fingerprint density at radius 3 is 2.57 bits per heavy atom. The van der Waals surface area contributed by atoms with Crippen LogP contribution in [-0.4, -0.2) is 35.5 Å². The Hall–Kier alpha value is -1.55. The molecule has 1 aromatic rings. The van der Waals surface area contributed by atoms with Crippen molar-refractivity contribution in [2.75, 3.05) is 18.8 Å². The second-order valence-electron chi connectivity index (χ2n) is 6.92. The zero-order chi connectivity index (χ0) is 15.5. The molecule has 0 aromatic heterocycles. The smallest absolute Gasteiger partial charge is 0.224 e. The van der Waals surface area contributed by atoms with Crippen LogP contribution in [0.4, 0.5) is 5.69 Å². The average molecular weight is 289 g/mol. The fraction of sp³-hybridized carbons (Fsp3) is 0.588. The van der Waals surface area contributed by atoms with E-state index in [1.807, 2.05) is 24.3 Å². The molecule has 0 radical (unpaired) electrons. The highest BCUT2D eigenvalue weighted by Gasteiger charge is 2.27. The third-order valence-corrected chi connectivity index (χ3v) is 4.12. The lowest BCUT2D eigenvalue weighted by Gasteiger charge is -2.41. The summed E-state index contributed by atoms with van der Waals surface area (Å²) in [5, 5.41) is 3.15. The Morgan fingerprint density at radius 1 is 1.33 bits per heavy atom. The van der Waals surface area contributed by atoms with Gasteiger partial charge in [-0.05, 0) is 51.3 Å². The number of rotatable bonds is 3. The summed E-state index contributed by atoms with van der Waals surface area (Å²) >= 11 is 0. The second kappa shape index (κ2) is 6.48. The molecule has 4 heteroatoms. The predicted octanol–water partition coefficient (Wildman–Crippen LogP) is 2.19. The molecule has 0 aliphatic carbocycles. The summed E-state index contributed by atoms with van der Waals surface area (Å²) in [5.41, 5.74) is 7.64.